The number of hydrogen-bond donors (Lipinski definition) is 0. The second-order valence-electron chi connectivity index (χ2n) is 6.41. The number of allylic oxidation sites excluding steroid dienone is 1. The van der Waals surface area contributed by atoms with Crippen LogP contribution in [0.2, 0.25) is 0 Å². The number of benzene rings is 3. The van der Waals surface area contributed by atoms with E-state index in [0.29, 0.717) is 17.7 Å². The van der Waals surface area contributed by atoms with Crippen LogP contribution in [0.15, 0.2) is 54.6 Å². The van der Waals surface area contributed by atoms with Crippen molar-refractivity contribution < 1.29 is 30.7 Å². The van der Waals surface area contributed by atoms with Crippen molar-refractivity contribution in [1.82, 2.24) is 0 Å². The molecular weight excluding hydrogens is 397 g/mol. The minimum atomic E-state index is -4.76. The molecule has 150 valence electrons. The highest BCUT2D eigenvalue weighted by Crippen LogP contribution is 2.33. The predicted octanol–water partition coefficient (Wildman–Crippen LogP) is 7.46. The zero-order valence-electron chi connectivity index (χ0n) is 14.9. The Morgan fingerprint density at radius 2 is 1.14 bits per heavy atom. The lowest BCUT2D eigenvalue weighted by Gasteiger charge is -2.11. The van der Waals surface area contributed by atoms with Crippen molar-refractivity contribution in [3.63, 3.8) is 0 Å². The maximum atomic E-state index is 14.6. The van der Waals surface area contributed by atoms with E-state index in [-0.39, 0.29) is 17.7 Å². The molecule has 3 rings (SSSR count). The average Bonchev–Trinajstić information content (AvgIpc) is 2.60. The predicted molar refractivity (Wildman–Crippen MR) is 97.0 cm³/mol. The zero-order chi connectivity index (χ0) is 21.3. The fourth-order valence-corrected chi connectivity index (χ4v) is 2.83. The molecular formula is C22H13F7. The molecule has 0 aliphatic carbocycles. The van der Waals surface area contributed by atoms with Crippen LogP contribution in [0.3, 0.4) is 0 Å². The van der Waals surface area contributed by atoms with Crippen LogP contribution < -0.4 is 0 Å². The molecule has 0 amide bonds. The van der Waals surface area contributed by atoms with Gasteiger partial charge in [0.05, 0.1) is 5.56 Å². The number of hydrogen-bond acceptors (Lipinski definition) is 0. The van der Waals surface area contributed by atoms with Gasteiger partial charge in [0.15, 0.2) is 0 Å². The minimum Gasteiger partial charge on any atom is -0.206 e. The number of halogens is 7. The Labute approximate surface area is 161 Å². The first-order valence-corrected chi connectivity index (χ1v) is 8.36. The Morgan fingerprint density at radius 1 is 0.655 bits per heavy atom. The minimum absolute atomic E-state index is 0.224. The Hall–Kier alpha value is -3.09. The van der Waals surface area contributed by atoms with Crippen LogP contribution in [0.4, 0.5) is 30.7 Å². The van der Waals surface area contributed by atoms with Gasteiger partial charge in [-0.2, -0.15) is 13.2 Å². The van der Waals surface area contributed by atoms with Crippen molar-refractivity contribution in [1.29, 1.82) is 0 Å². The van der Waals surface area contributed by atoms with Gasteiger partial charge in [0.2, 0.25) is 0 Å². The van der Waals surface area contributed by atoms with Crippen molar-refractivity contribution in [3.05, 3.63) is 89.0 Å². The van der Waals surface area contributed by atoms with Gasteiger partial charge in [-0.25, -0.2) is 17.6 Å². The van der Waals surface area contributed by atoms with Crippen molar-refractivity contribution in [3.8, 4) is 22.3 Å². The third-order valence-electron chi connectivity index (χ3n) is 4.23. The number of aryl methyl sites for hydroxylation is 1. The van der Waals surface area contributed by atoms with Crippen LogP contribution in [0, 0.1) is 30.2 Å². The summed E-state index contributed by atoms with van der Waals surface area (Å²) in [5, 5.41) is 0. The summed E-state index contributed by atoms with van der Waals surface area (Å²) in [6, 6.07) is 10.1. The molecule has 0 aliphatic rings. The van der Waals surface area contributed by atoms with Crippen LogP contribution in [-0.4, -0.2) is 6.18 Å². The second-order valence-corrected chi connectivity index (χ2v) is 6.41. The third kappa shape index (κ3) is 4.67. The van der Waals surface area contributed by atoms with Crippen LogP contribution in [0.25, 0.3) is 28.3 Å². The van der Waals surface area contributed by atoms with Gasteiger partial charge in [0.25, 0.3) is 0 Å². The molecule has 29 heavy (non-hydrogen) atoms. The summed E-state index contributed by atoms with van der Waals surface area (Å²) in [6.45, 7) is 1.85. The van der Waals surface area contributed by atoms with E-state index in [0.717, 1.165) is 17.7 Å². The first-order valence-electron chi connectivity index (χ1n) is 8.36. The zero-order valence-corrected chi connectivity index (χ0v) is 14.9. The Morgan fingerprint density at radius 3 is 1.62 bits per heavy atom. The van der Waals surface area contributed by atoms with E-state index in [1.165, 1.54) is 0 Å². The molecule has 0 atom stereocenters. The Kier molecular flexibility index (Phi) is 5.50. The smallest absolute Gasteiger partial charge is 0.206 e. The van der Waals surface area contributed by atoms with E-state index in [4.69, 9.17) is 0 Å². The summed E-state index contributed by atoms with van der Waals surface area (Å²) in [7, 11) is 0. The van der Waals surface area contributed by atoms with E-state index in [9.17, 15) is 30.7 Å². The number of rotatable bonds is 3. The molecule has 0 nitrogen and oxygen atoms in total. The van der Waals surface area contributed by atoms with Crippen molar-refractivity contribution in [2.24, 2.45) is 0 Å². The molecule has 0 spiro atoms. The summed E-state index contributed by atoms with van der Waals surface area (Å²) in [5.41, 5.74) is -0.362. The molecule has 0 radical (unpaired) electrons. The van der Waals surface area contributed by atoms with Gasteiger partial charge in [0.1, 0.15) is 23.3 Å². The van der Waals surface area contributed by atoms with Crippen LogP contribution in [0.1, 0.15) is 11.1 Å². The van der Waals surface area contributed by atoms with Gasteiger partial charge in [-0.1, -0.05) is 29.8 Å². The lowest BCUT2D eigenvalue weighted by atomic mass is 9.97. The summed E-state index contributed by atoms with van der Waals surface area (Å²) >= 11 is 0. The molecule has 3 aromatic carbocycles. The van der Waals surface area contributed by atoms with Gasteiger partial charge >= 0.3 is 6.18 Å². The Bertz CT molecular complexity index is 1030. The maximum absolute atomic E-state index is 14.6. The molecule has 0 fully saturated rings. The second kappa shape index (κ2) is 7.73. The van der Waals surface area contributed by atoms with Crippen LogP contribution >= 0.6 is 0 Å². The van der Waals surface area contributed by atoms with E-state index >= 15 is 0 Å². The normalized spacial score (nSPS) is 12.0. The summed E-state index contributed by atoms with van der Waals surface area (Å²) in [4.78, 5) is 0. The lowest BCUT2D eigenvalue weighted by Crippen LogP contribution is -2.01. The molecule has 0 N–H and O–H groups in total. The van der Waals surface area contributed by atoms with Gasteiger partial charge in [-0.05, 0) is 54.0 Å². The topological polar surface area (TPSA) is 0 Å². The fourth-order valence-electron chi connectivity index (χ4n) is 2.83. The summed E-state index contributed by atoms with van der Waals surface area (Å²) < 4.78 is 94.1. The molecule has 0 saturated heterocycles. The highest BCUT2D eigenvalue weighted by atomic mass is 19.4. The summed E-state index contributed by atoms with van der Waals surface area (Å²) in [6.07, 6.45) is -4.87. The Balaban J connectivity index is 2.05. The largest absolute Gasteiger partial charge is 0.409 e. The van der Waals surface area contributed by atoms with E-state index in [1.54, 1.807) is 24.3 Å². The maximum Gasteiger partial charge on any atom is 0.409 e. The van der Waals surface area contributed by atoms with Gasteiger partial charge in [-0.3, -0.25) is 0 Å². The van der Waals surface area contributed by atoms with E-state index in [1.807, 2.05) is 6.92 Å². The van der Waals surface area contributed by atoms with Crippen LogP contribution in [0.5, 0.6) is 0 Å². The first kappa shape index (κ1) is 20.6. The SMILES string of the molecule is Cc1ccc(-c2cc(F)c(-c3cc(F)c(/C=C/C(F)(F)F)c(F)c3)c(F)c2)cc1. The first-order chi connectivity index (χ1) is 13.5. The standard InChI is InChI=1S/C22H13F7/c1-12-2-4-13(5-3-12)14-8-19(25)21(20(26)9-14)15-10-17(23)16(18(24)11-15)6-7-22(27,28)29/h2-11H,1H3/b7-6+. The van der Waals surface area contributed by atoms with Crippen molar-refractivity contribution in [2.45, 2.75) is 13.1 Å². The molecule has 0 heterocycles. The molecule has 0 unspecified atom stereocenters. The highest BCUT2D eigenvalue weighted by Gasteiger charge is 2.23. The molecule has 0 aromatic heterocycles. The molecule has 0 saturated carbocycles. The number of alkyl halides is 3. The third-order valence-corrected chi connectivity index (χ3v) is 4.23. The van der Waals surface area contributed by atoms with E-state index in [2.05, 4.69) is 0 Å². The lowest BCUT2D eigenvalue weighted by molar-refractivity contribution is -0.0790. The summed E-state index contributed by atoms with van der Waals surface area (Å²) in [5.74, 6) is -4.86. The quantitative estimate of drug-likeness (QED) is 0.393. The monoisotopic (exact) mass is 410 g/mol. The highest BCUT2D eigenvalue weighted by molar-refractivity contribution is 5.73. The molecule has 0 aliphatic heterocycles. The molecule has 0 bridgehead atoms. The van der Waals surface area contributed by atoms with Crippen molar-refractivity contribution >= 4 is 6.08 Å². The van der Waals surface area contributed by atoms with Crippen molar-refractivity contribution in [2.75, 3.05) is 0 Å². The van der Waals surface area contributed by atoms with Gasteiger partial charge in [-0.15, -0.1) is 0 Å². The molecule has 3 aromatic rings. The molecule has 7 heteroatoms. The van der Waals surface area contributed by atoms with Gasteiger partial charge < -0.3 is 0 Å². The van der Waals surface area contributed by atoms with Crippen LogP contribution in [-0.2, 0) is 0 Å². The van der Waals surface area contributed by atoms with E-state index < -0.39 is 46.1 Å². The fraction of sp³-hybridized carbons (Fsp3) is 0.0909. The van der Waals surface area contributed by atoms with Gasteiger partial charge in [0, 0.05) is 11.6 Å². The average molecular weight is 410 g/mol.